The summed E-state index contributed by atoms with van der Waals surface area (Å²) in [6, 6.07) is 6.71. The average Bonchev–Trinajstić information content (AvgIpc) is 2.39. The maximum atomic E-state index is 12.4. The molecule has 0 saturated heterocycles. The Kier molecular flexibility index (Phi) is 3.60. The number of anilines is 1. The lowest BCUT2D eigenvalue weighted by molar-refractivity contribution is -0.605. The quantitative estimate of drug-likeness (QED) is 0.680. The van der Waals surface area contributed by atoms with E-state index in [0.717, 1.165) is 36.7 Å². The number of rotatable bonds is 2. The highest BCUT2D eigenvalue weighted by Crippen LogP contribution is 2.29. The van der Waals surface area contributed by atoms with Gasteiger partial charge in [0.05, 0.1) is 11.1 Å². The first-order valence-corrected chi connectivity index (χ1v) is 5.54. The van der Waals surface area contributed by atoms with Crippen LogP contribution in [0.1, 0.15) is 15.9 Å². The molecule has 0 atom stereocenters. The summed E-state index contributed by atoms with van der Waals surface area (Å²) in [4.78, 5) is 11.8. The number of carbonyl (C=O) groups excluding carboxylic acids is 1. The van der Waals surface area contributed by atoms with E-state index in [-0.39, 0.29) is 11.3 Å². The molecule has 1 aromatic heterocycles. The highest BCUT2D eigenvalue weighted by molar-refractivity contribution is 6.04. The summed E-state index contributed by atoms with van der Waals surface area (Å²) in [5, 5.41) is 13.3. The minimum absolute atomic E-state index is 0.233. The highest BCUT2D eigenvalue weighted by Gasteiger charge is 2.29. The van der Waals surface area contributed by atoms with E-state index in [9.17, 15) is 23.2 Å². The number of amides is 1. The van der Waals surface area contributed by atoms with Crippen LogP contribution in [0.15, 0.2) is 48.8 Å². The second-order valence-corrected chi connectivity index (χ2v) is 3.98. The number of hydrogen-bond donors (Lipinski definition) is 1. The number of halogens is 3. The van der Waals surface area contributed by atoms with E-state index in [4.69, 9.17) is 0 Å². The maximum absolute atomic E-state index is 12.4. The van der Waals surface area contributed by atoms with E-state index >= 15 is 0 Å². The maximum Gasteiger partial charge on any atom is 0.416 e. The van der Waals surface area contributed by atoms with Crippen molar-refractivity contribution in [3.8, 4) is 0 Å². The van der Waals surface area contributed by atoms with Gasteiger partial charge < -0.3 is 10.5 Å². The van der Waals surface area contributed by atoms with Crippen molar-refractivity contribution in [1.82, 2.24) is 0 Å². The largest absolute Gasteiger partial charge is 0.619 e. The third-order valence-electron chi connectivity index (χ3n) is 2.53. The summed E-state index contributed by atoms with van der Waals surface area (Å²) < 4.78 is 37.6. The van der Waals surface area contributed by atoms with Crippen LogP contribution < -0.4 is 10.0 Å². The molecule has 1 heterocycles. The standard InChI is InChI=1S/C13H9F3N2O2/c14-13(15,16)10-1-3-11(4-2-10)17-12(19)9-5-7-18(20)8-6-9/h1-8H,(H,17,19). The summed E-state index contributed by atoms with van der Waals surface area (Å²) in [5.74, 6) is -0.509. The first kappa shape index (κ1) is 13.9. The van der Waals surface area contributed by atoms with Gasteiger partial charge in [-0.25, -0.2) is 0 Å². The molecule has 4 nitrogen and oxygen atoms in total. The number of hydrogen-bond acceptors (Lipinski definition) is 2. The zero-order valence-corrected chi connectivity index (χ0v) is 10.0. The van der Waals surface area contributed by atoms with Gasteiger partial charge in [0, 0.05) is 17.8 Å². The lowest BCUT2D eigenvalue weighted by Crippen LogP contribution is -2.25. The molecule has 0 saturated carbocycles. The van der Waals surface area contributed by atoms with Crippen molar-refractivity contribution in [2.24, 2.45) is 0 Å². The topological polar surface area (TPSA) is 56.0 Å². The number of aromatic nitrogens is 1. The van der Waals surface area contributed by atoms with Gasteiger partial charge in [-0.1, -0.05) is 0 Å². The molecule has 0 aliphatic carbocycles. The fourth-order valence-electron chi connectivity index (χ4n) is 1.51. The molecule has 2 aromatic rings. The van der Waals surface area contributed by atoms with Crippen LogP contribution in [0.4, 0.5) is 18.9 Å². The minimum atomic E-state index is -4.41. The van der Waals surface area contributed by atoms with Crippen molar-refractivity contribution in [2.75, 3.05) is 5.32 Å². The smallest absolute Gasteiger partial charge is 0.416 e. The van der Waals surface area contributed by atoms with Crippen molar-refractivity contribution in [1.29, 1.82) is 0 Å². The Morgan fingerprint density at radius 3 is 2.10 bits per heavy atom. The van der Waals surface area contributed by atoms with Crippen LogP contribution in [0.2, 0.25) is 0 Å². The summed E-state index contributed by atoms with van der Waals surface area (Å²) in [5.41, 5.74) is -0.318. The van der Waals surface area contributed by atoms with Crippen molar-refractivity contribution in [2.45, 2.75) is 6.18 Å². The van der Waals surface area contributed by atoms with E-state index in [1.54, 1.807) is 0 Å². The summed E-state index contributed by atoms with van der Waals surface area (Å²) in [6.45, 7) is 0. The van der Waals surface area contributed by atoms with Crippen LogP contribution in [-0.4, -0.2) is 5.91 Å². The van der Waals surface area contributed by atoms with Gasteiger partial charge >= 0.3 is 6.18 Å². The number of benzene rings is 1. The van der Waals surface area contributed by atoms with Crippen LogP contribution in [-0.2, 0) is 6.18 Å². The van der Waals surface area contributed by atoms with Crippen LogP contribution in [0.25, 0.3) is 0 Å². The van der Waals surface area contributed by atoms with Gasteiger partial charge in [0.15, 0.2) is 12.4 Å². The Hall–Kier alpha value is -2.57. The fourth-order valence-corrected chi connectivity index (χ4v) is 1.51. The van der Waals surface area contributed by atoms with Crippen molar-refractivity contribution >= 4 is 11.6 Å². The van der Waals surface area contributed by atoms with Gasteiger partial charge in [-0.2, -0.15) is 17.9 Å². The Morgan fingerprint density at radius 1 is 1.05 bits per heavy atom. The van der Waals surface area contributed by atoms with Crippen molar-refractivity contribution in [3.63, 3.8) is 0 Å². The molecular formula is C13H9F3N2O2. The van der Waals surface area contributed by atoms with Crippen LogP contribution in [0.3, 0.4) is 0 Å². The van der Waals surface area contributed by atoms with Crippen molar-refractivity contribution in [3.05, 3.63) is 65.1 Å². The van der Waals surface area contributed by atoms with Gasteiger partial charge in [0.1, 0.15) is 0 Å². The van der Waals surface area contributed by atoms with Gasteiger partial charge in [-0.05, 0) is 24.3 Å². The third-order valence-corrected chi connectivity index (χ3v) is 2.53. The van der Waals surface area contributed by atoms with Gasteiger partial charge in [0.25, 0.3) is 5.91 Å². The molecule has 0 aliphatic rings. The molecule has 1 aromatic carbocycles. The molecule has 0 aliphatic heterocycles. The first-order chi connectivity index (χ1) is 9.36. The summed E-state index contributed by atoms with van der Waals surface area (Å²) in [7, 11) is 0. The summed E-state index contributed by atoms with van der Waals surface area (Å²) in [6.07, 6.45) is -2.10. The zero-order chi connectivity index (χ0) is 14.8. The lowest BCUT2D eigenvalue weighted by atomic mass is 10.2. The summed E-state index contributed by atoms with van der Waals surface area (Å²) >= 11 is 0. The second-order valence-electron chi connectivity index (χ2n) is 3.98. The Morgan fingerprint density at radius 2 is 1.60 bits per heavy atom. The molecule has 0 bridgehead atoms. The molecule has 0 unspecified atom stereocenters. The molecule has 0 fully saturated rings. The molecule has 2 rings (SSSR count). The van der Waals surface area contributed by atoms with E-state index in [2.05, 4.69) is 5.32 Å². The van der Waals surface area contributed by atoms with Crippen LogP contribution in [0, 0.1) is 5.21 Å². The van der Waals surface area contributed by atoms with E-state index in [0.29, 0.717) is 4.73 Å². The van der Waals surface area contributed by atoms with E-state index in [1.807, 2.05) is 0 Å². The molecule has 20 heavy (non-hydrogen) atoms. The first-order valence-electron chi connectivity index (χ1n) is 5.54. The van der Waals surface area contributed by atoms with E-state index < -0.39 is 17.6 Å². The number of pyridine rings is 1. The molecule has 1 N–H and O–H groups in total. The number of nitrogens with one attached hydrogen (secondary N) is 1. The Labute approximate surface area is 112 Å². The van der Waals surface area contributed by atoms with E-state index in [1.165, 1.54) is 12.1 Å². The van der Waals surface area contributed by atoms with Gasteiger partial charge in [-0.15, -0.1) is 0 Å². The molecule has 0 spiro atoms. The zero-order valence-electron chi connectivity index (χ0n) is 10.0. The average molecular weight is 282 g/mol. The number of carbonyl (C=O) groups is 1. The number of nitrogens with zero attached hydrogens (tertiary/aromatic N) is 1. The fraction of sp³-hybridized carbons (Fsp3) is 0.0769. The monoisotopic (exact) mass is 282 g/mol. The normalized spacial score (nSPS) is 11.2. The molecule has 1 amide bonds. The van der Waals surface area contributed by atoms with Crippen LogP contribution in [0.5, 0.6) is 0 Å². The molecule has 0 radical (unpaired) electrons. The third kappa shape index (κ3) is 3.25. The number of alkyl halides is 3. The SMILES string of the molecule is O=C(Nc1ccc(C(F)(F)F)cc1)c1cc[n+]([O-])cc1. The predicted molar refractivity (Wildman–Crippen MR) is 64.8 cm³/mol. The lowest BCUT2D eigenvalue weighted by Gasteiger charge is -2.08. The molecule has 7 heteroatoms. The van der Waals surface area contributed by atoms with Gasteiger partial charge in [-0.3, -0.25) is 4.79 Å². The predicted octanol–water partition coefficient (Wildman–Crippen LogP) is 2.59. The highest BCUT2D eigenvalue weighted by atomic mass is 19.4. The second kappa shape index (κ2) is 5.20. The van der Waals surface area contributed by atoms with Crippen LogP contribution >= 0.6 is 0 Å². The van der Waals surface area contributed by atoms with Crippen molar-refractivity contribution < 1.29 is 22.7 Å². The Balaban J connectivity index is 2.10. The van der Waals surface area contributed by atoms with Gasteiger partial charge in [0.2, 0.25) is 0 Å². The minimum Gasteiger partial charge on any atom is -0.619 e. The Bertz CT molecular complexity index is 607. The molecule has 104 valence electrons. The molecular weight excluding hydrogens is 273 g/mol.